The molecule has 2 N–H and O–H groups in total. The van der Waals surface area contributed by atoms with Gasteiger partial charge in [0.25, 0.3) is 0 Å². The van der Waals surface area contributed by atoms with Gasteiger partial charge < -0.3 is 10.6 Å². The molecule has 5 nitrogen and oxygen atoms in total. The Hall–Kier alpha value is -0.620. The molecule has 1 rings (SSSR count). The van der Waals surface area contributed by atoms with Crippen LogP contribution in [0.3, 0.4) is 0 Å². The maximum Gasteiger partial charge on any atom is 0.224 e. The van der Waals surface area contributed by atoms with E-state index in [4.69, 9.17) is 0 Å². The maximum absolute atomic E-state index is 11.4. The van der Waals surface area contributed by atoms with Crippen LogP contribution < -0.4 is 10.6 Å². The monoisotopic (exact) mass is 220 g/mol. The molecule has 0 spiro atoms. The van der Waals surface area contributed by atoms with Gasteiger partial charge in [-0.2, -0.15) is 0 Å². The van der Waals surface area contributed by atoms with E-state index in [0.717, 1.165) is 19.2 Å². The van der Waals surface area contributed by atoms with Crippen LogP contribution in [0.5, 0.6) is 0 Å². The molecule has 1 saturated heterocycles. The Morgan fingerprint density at radius 1 is 1.57 bits per heavy atom. The molecule has 1 heterocycles. The van der Waals surface area contributed by atoms with Gasteiger partial charge in [0.05, 0.1) is 11.7 Å². The zero-order valence-electron chi connectivity index (χ0n) is 8.25. The number of nitrogens with one attached hydrogen (secondary N) is 2. The van der Waals surface area contributed by atoms with Crippen molar-refractivity contribution < 1.29 is 13.2 Å². The molecule has 0 aliphatic carbocycles. The van der Waals surface area contributed by atoms with Crippen LogP contribution in [0.2, 0.25) is 0 Å². The average molecular weight is 220 g/mol. The first kappa shape index (κ1) is 11.5. The quantitative estimate of drug-likeness (QED) is 0.621. The predicted molar refractivity (Wildman–Crippen MR) is 53.7 cm³/mol. The molecule has 82 valence electrons. The largest absolute Gasteiger partial charge is 0.355 e. The summed E-state index contributed by atoms with van der Waals surface area (Å²) in [6, 6.07) is 0. The third kappa shape index (κ3) is 4.06. The van der Waals surface area contributed by atoms with E-state index in [-0.39, 0.29) is 24.1 Å². The molecule has 1 unspecified atom stereocenters. The number of sulfone groups is 1. The standard InChI is InChI=1S/C8H16N2O3S/c1-14(12,13)5-4-10-8(11)7-2-3-9-6-7/h7,9H,2-6H2,1H3,(H,10,11). The molecule has 0 aromatic carbocycles. The van der Waals surface area contributed by atoms with E-state index in [2.05, 4.69) is 10.6 Å². The summed E-state index contributed by atoms with van der Waals surface area (Å²) in [4.78, 5) is 11.4. The third-order valence-electron chi connectivity index (χ3n) is 2.20. The van der Waals surface area contributed by atoms with E-state index in [1.54, 1.807) is 0 Å². The smallest absolute Gasteiger partial charge is 0.224 e. The second-order valence-electron chi connectivity index (χ2n) is 3.61. The summed E-state index contributed by atoms with van der Waals surface area (Å²) in [5, 5.41) is 5.70. The minimum absolute atomic E-state index is 0.00885. The van der Waals surface area contributed by atoms with Crippen molar-refractivity contribution in [1.82, 2.24) is 10.6 Å². The van der Waals surface area contributed by atoms with Crippen molar-refractivity contribution in [3.05, 3.63) is 0 Å². The molecule has 1 aliphatic rings. The maximum atomic E-state index is 11.4. The molecule has 1 amide bonds. The Kier molecular flexibility index (Phi) is 3.88. The van der Waals surface area contributed by atoms with Gasteiger partial charge in [-0.05, 0) is 13.0 Å². The summed E-state index contributed by atoms with van der Waals surface area (Å²) in [6.45, 7) is 1.78. The van der Waals surface area contributed by atoms with Crippen LogP contribution in [0, 0.1) is 5.92 Å². The van der Waals surface area contributed by atoms with E-state index in [9.17, 15) is 13.2 Å². The number of hydrogen-bond donors (Lipinski definition) is 2. The summed E-state index contributed by atoms with van der Waals surface area (Å²) in [5.74, 6) is -0.0213. The highest BCUT2D eigenvalue weighted by Gasteiger charge is 2.21. The summed E-state index contributed by atoms with van der Waals surface area (Å²) in [7, 11) is -2.97. The van der Waals surface area contributed by atoms with E-state index in [1.807, 2.05) is 0 Å². The van der Waals surface area contributed by atoms with Crippen molar-refractivity contribution in [2.75, 3.05) is 31.6 Å². The van der Waals surface area contributed by atoms with Gasteiger partial charge in [0.2, 0.25) is 5.91 Å². The lowest BCUT2D eigenvalue weighted by Gasteiger charge is -2.08. The van der Waals surface area contributed by atoms with Crippen LogP contribution in [-0.2, 0) is 14.6 Å². The van der Waals surface area contributed by atoms with Crippen LogP contribution in [-0.4, -0.2) is 46.0 Å². The van der Waals surface area contributed by atoms with Gasteiger partial charge in [0, 0.05) is 19.3 Å². The van der Waals surface area contributed by atoms with Crippen molar-refractivity contribution in [3.8, 4) is 0 Å². The lowest BCUT2D eigenvalue weighted by molar-refractivity contribution is -0.124. The van der Waals surface area contributed by atoms with Crippen molar-refractivity contribution in [3.63, 3.8) is 0 Å². The zero-order valence-corrected chi connectivity index (χ0v) is 9.06. The van der Waals surface area contributed by atoms with E-state index in [1.165, 1.54) is 0 Å². The highest BCUT2D eigenvalue weighted by molar-refractivity contribution is 7.90. The first-order chi connectivity index (χ1) is 6.49. The first-order valence-electron chi connectivity index (χ1n) is 4.65. The molecular formula is C8H16N2O3S. The van der Waals surface area contributed by atoms with Gasteiger partial charge in [0.1, 0.15) is 9.84 Å². The lowest BCUT2D eigenvalue weighted by atomic mass is 10.1. The van der Waals surface area contributed by atoms with Crippen molar-refractivity contribution >= 4 is 15.7 Å². The fraction of sp³-hybridized carbons (Fsp3) is 0.875. The predicted octanol–water partition coefficient (Wildman–Crippen LogP) is -1.24. The van der Waals surface area contributed by atoms with Crippen molar-refractivity contribution in [2.24, 2.45) is 5.92 Å². The molecule has 0 saturated carbocycles. The topological polar surface area (TPSA) is 75.3 Å². The summed E-state index contributed by atoms with van der Waals surface area (Å²) < 4.78 is 21.5. The van der Waals surface area contributed by atoms with Gasteiger partial charge in [-0.1, -0.05) is 0 Å². The van der Waals surface area contributed by atoms with Crippen LogP contribution >= 0.6 is 0 Å². The Morgan fingerprint density at radius 2 is 2.29 bits per heavy atom. The minimum Gasteiger partial charge on any atom is -0.355 e. The van der Waals surface area contributed by atoms with Gasteiger partial charge in [-0.3, -0.25) is 4.79 Å². The first-order valence-corrected chi connectivity index (χ1v) is 6.71. The summed E-state index contributed by atoms with van der Waals surface area (Å²) in [5.41, 5.74) is 0. The molecule has 0 bridgehead atoms. The molecule has 0 aromatic heterocycles. The number of hydrogen-bond acceptors (Lipinski definition) is 4. The molecule has 0 radical (unpaired) electrons. The highest BCUT2D eigenvalue weighted by atomic mass is 32.2. The van der Waals surface area contributed by atoms with E-state index < -0.39 is 9.84 Å². The van der Waals surface area contributed by atoms with Crippen LogP contribution in [0.15, 0.2) is 0 Å². The Bertz CT molecular complexity index is 294. The zero-order chi connectivity index (χ0) is 10.6. The normalized spacial score (nSPS) is 22.2. The number of rotatable bonds is 4. The highest BCUT2D eigenvalue weighted by Crippen LogP contribution is 2.06. The van der Waals surface area contributed by atoms with Crippen LogP contribution in [0.1, 0.15) is 6.42 Å². The molecule has 1 fully saturated rings. The van der Waals surface area contributed by atoms with Gasteiger partial charge in [0.15, 0.2) is 0 Å². The minimum atomic E-state index is -2.97. The Balaban J connectivity index is 2.21. The van der Waals surface area contributed by atoms with Crippen LogP contribution in [0.4, 0.5) is 0 Å². The summed E-state index contributed by atoms with van der Waals surface area (Å²) in [6.07, 6.45) is 2.00. The molecule has 1 atom stereocenters. The third-order valence-corrected chi connectivity index (χ3v) is 3.15. The second kappa shape index (κ2) is 4.75. The van der Waals surface area contributed by atoms with Crippen molar-refractivity contribution in [2.45, 2.75) is 6.42 Å². The fourth-order valence-electron chi connectivity index (χ4n) is 1.38. The number of carbonyl (C=O) groups excluding carboxylic acids is 1. The number of carbonyl (C=O) groups is 1. The average Bonchev–Trinajstić information content (AvgIpc) is 2.53. The van der Waals surface area contributed by atoms with E-state index >= 15 is 0 Å². The Morgan fingerprint density at radius 3 is 2.79 bits per heavy atom. The molecular weight excluding hydrogens is 204 g/mol. The van der Waals surface area contributed by atoms with E-state index in [0.29, 0.717) is 6.54 Å². The lowest BCUT2D eigenvalue weighted by Crippen LogP contribution is -2.34. The second-order valence-corrected chi connectivity index (χ2v) is 5.87. The molecule has 14 heavy (non-hydrogen) atoms. The van der Waals surface area contributed by atoms with Gasteiger partial charge in [-0.15, -0.1) is 0 Å². The molecule has 0 aromatic rings. The van der Waals surface area contributed by atoms with Crippen molar-refractivity contribution in [1.29, 1.82) is 0 Å². The molecule has 1 aliphatic heterocycles. The number of amides is 1. The van der Waals surface area contributed by atoms with Crippen LogP contribution in [0.25, 0.3) is 0 Å². The Labute approximate surface area is 84.2 Å². The molecule has 6 heteroatoms. The summed E-state index contributed by atoms with van der Waals surface area (Å²) >= 11 is 0. The van der Waals surface area contributed by atoms with Gasteiger partial charge in [-0.25, -0.2) is 8.42 Å². The fourth-order valence-corrected chi connectivity index (χ4v) is 1.86. The van der Waals surface area contributed by atoms with Gasteiger partial charge >= 0.3 is 0 Å². The SMILES string of the molecule is CS(=O)(=O)CCNC(=O)C1CCNC1.